The number of carbonyl (C=O) groups is 1. The Labute approximate surface area is 121 Å². The fourth-order valence-corrected chi connectivity index (χ4v) is 3.23. The van der Waals surface area contributed by atoms with E-state index in [4.69, 9.17) is 11.6 Å². The molecule has 1 rings (SSSR count). The summed E-state index contributed by atoms with van der Waals surface area (Å²) in [5.74, 6) is 1.31. The first-order chi connectivity index (χ1) is 8.49. The van der Waals surface area contributed by atoms with Gasteiger partial charge in [-0.05, 0) is 18.1 Å². The van der Waals surface area contributed by atoms with Crippen molar-refractivity contribution in [3.8, 4) is 0 Å². The minimum Gasteiger partial charge on any atom is -0.391 e. The normalized spacial score (nSPS) is 12.7. The van der Waals surface area contributed by atoms with Gasteiger partial charge in [0.1, 0.15) is 0 Å². The number of aliphatic hydroxyl groups is 1. The fraction of sp³-hybridized carbons (Fsp3) is 0.583. The van der Waals surface area contributed by atoms with Crippen molar-refractivity contribution in [3.63, 3.8) is 0 Å². The van der Waals surface area contributed by atoms with Crippen LogP contribution in [0.3, 0.4) is 0 Å². The van der Waals surface area contributed by atoms with Crippen LogP contribution in [-0.2, 0) is 10.5 Å². The highest BCUT2D eigenvalue weighted by atomic mass is 35.5. The number of carbonyl (C=O) groups excluding carboxylic acids is 1. The molecule has 1 aromatic heterocycles. The number of hydrogen-bond donors (Lipinski definition) is 2. The molecule has 0 spiro atoms. The van der Waals surface area contributed by atoms with Gasteiger partial charge in [-0.1, -0.05) is 25.4 Å². The monoisotopic (exact) mass is 307 g/mol. The van der Waals surface area contributed by atoms with E-state index in [0.717, 1.165) is 10.1 Å². The Morgan fingerprint density at radius 2 is 2.28 bits per heavy atom. The van der Waals surface area contributed by atoms with E-state index in [1.807, 2.05) is 26.0 Å². The Balaban J connectivity index is 2.14. The predicted octanol–water partition coefficient (Wildman–Crippen LogP) is 2.77. The van der Waals surface area contributed by atoms with Crippen LogP contribution in [0, 0.1) is 5.92 Å². The van der Waals surface area contributed by atoms with Gasteiger partial charge in [-0.25, -0.2) is 0 Å². The van der Waals surface area contributed by atoms with Gasteiger partial charge in [0.2, 0.25) is 5.91 Å². The molecule has 0 aliphatic heterocycles. The van der Waals surface area contributed by atoms with Crippen LogP contribution in [0.25, 0.3) is 0 Å². The van der Waals surface area contributed by atoms with Gasteiger partial charge in [-0.15, -0.1) is 23.1 Å². The van der Waals surface area contributed by atoms with Gasteiger partial charge in [0.15, 0.2) is 0 Å². The van der Waals surface area contributed by atoms with Crippen LogP contribution < -0.4 is 5.32 Å². The van der Waals surface area contributed by atoms with E-state index in [9.17, 15) is 9.90 Å². The lowest BCUT2D eigenvalue weighted by Crippen LogP contribution is -2.35. The zero-order valence-electron chi connectivity index (χ0n) is 10.5. The zero-order valence-corrected chi connectivity index (χ0v) is 12.9. The minimum atomic E-state index is -0.477. The van der Waals surface area contributed by atoms with Crippen LogP contribution in [0.5, 0.6) is 0 Å². The number of thioether (sulfide) groups is 1. The number of nitrogens with one attached hydrogen (secondary N) is 1. The van der Waals surface area contributed by atoms with Gasteiger partial charge >= 0.3 is 0 Å². The lowest BCUT2D eigenvalue weighted by Gasteiger charge is -2.14. The van der Waals surface area contributed by atoms with Gasteiger partial charge in [-0.3, -0.25) is 4.79 Å². The average molecular weight is 308 g/mol. The number of amides is 1. The van der Waals surface area contributed by atoms with Crippen molar-refractivity contribution < 1.29 is 9.90 Å². The van der Waals surface area contributed by atoms with E-state index in [0.29, 0.717) is 12.3 Å². The summed E-state index contributed by atoms with van der Waals surface area (Å²) in [6, 6.07) is 3.83. The van der Waals surface area contributed by atoms with E-state index in [1.165, 1.54) is 16.2 Å². The van der Waals surface area contributed by atoms with Crippen LogP contribution in [-0.4, -0.2) is 29.4 Å². The number of aliphatic hydroxyl groups excluding tert-OH is 1. The molecule has 0 aliphatic rings. The highest BCUT2D eigenvalue weighted by molar-refractivity contribution is 7.99. The summed E-state index contributed by atoms with van der Waals surface area (Å²) in [5, 5.41) is 12.3. The molecule has 6 heteroatoms. The second-order valence-corrected chi connectivity index (χ2v) is 7.10. The Kier molecular flexibility index (Phi) is 7.07. The fourth-order valence-electron chi connectivity index (χ4n) is 1.18. The maximum atomic E-state index is 11.5. The third-order valence-corrected chi connectivity index (χ3v) is 4.78. The first-order valence-electron chi connectivity index (χ1n) is 5.75. The van der Waals surface area contributed by atoms with Crippen LogP contribution in [0.1, 0.15) is 18.7 Å². The van der Waals surface area contributed by atoms with Crippen LogP contribution in [0.15, 0.2) is 12.1 Å². The molecule has 0 fully saturated rings. The average Bonchev–Trinajstić information content (AvgIpc) is 2.71. The maximum Gasteiger partial charge on any atom is 0.230 e. The van der Waals surface area contributed by atoms with E-state index < -0.39 is 6.10 Å². The summed E-state index contributed by atoms with van der Waals surface area (Å²) >= 11 is 8.90. The molecule has 0 bridgehead atoms. The van der Waals surface area contributed by atoms with E-state index in [-0.39, 0.29) is 11.8 Å². The van der Waals surface area contributed by atoms with Crippen molar-refractivity contribution in [1.82, 2.24) is 5.32 Å². The molecule has 1 aromatic rings. The number of hydrogen-bond acceptors (Lipinski definition) is 4. The topological polar surface area (TPSA) is 49.3 Å². The highest BCUT2D eigenvalue weighted by Crippen LogP contribution is 2.24. The second kappa shape index (κ2) is 8.04. The smallest absolute Gasteiger partial charge is 0.230 e. The Morgan fingerprint density at radius 3 is 2.83 bits per heavy atom. The van der Waals surface area contributed by atoms with Crippen molar-refractivity contribution in [2.24, 2.45) is 5.92 Å². The van der Waals surface area contributed by atoms with E-state index in [2.05, 4.69) is 5.32 Å². The van der Waals surface area contributed by atoms with Crippen molar-refractivity contribution in [2.45, 2.75) is 25.7 Å². The Hall–Kier alpha value is -0.230. The van der Waals surface area contributed by atoms with Gasteiger partial charge < -0.3 is 10.4 Å². The molecule has 102 valence electrons. The van der Waals surface area contributed by atoms with Gasteiger partial charge in [0.05, 0.1) is 16.2 Å². The molecule has 0 aliphatic carbocycles. The molecule has 0 saturated carbocycles. The summed E-state index contributed by atoms with van der Waals surface area (Å²) in [5.41, 5.74) is 0. The third-order valence-electron chi connectivity index (χ3n) is 2.38. The molecule has 3 nitrogen and oxygen atoms in total. The molecule has 0 saturated heterocycles. The molecule has 1 unspecified atom stereocenters. The van der Waals surface area contributed by atoms with Crippen molar-refractivity contribution in [3.05, 3.63) is 21.3 Å². The third kappa shape index (κ3) is 6.09. The number of rotatable bonds is 7. The van der Waals surface area contributed by atoms with Gasteiger partial charge in [0.25, 0.3) is 0 Å². The van der Waals surface area contributed by atoms with Crippen molar-refractivity contribution in [2.75, 3.05) is 12.3 Å². The molecule has 2 N–H and O–H groups in total. The molecule has 1 atom stereocenters. The molecular formula is C12H18ClNO2S2. The highest BCUT2D eigenvalue weighted by Gasteiger charge is 2.10. The van der Waals surface area contributed by atoms with Gasteiger partial charge in [-0.2, -0.15) is 0 Å². The first kappa shape index (κ1) is 15.8. The summed E-state index contributed by atoms with van der Waals surface area (Å²) in [6.45, 7) is 4.17. The molecular weight excluding hydrogens is 290 g/mol. The standard InChI is InChI=1S/C12H18ClNO2S2/c1-8(2)10(15)5-14-12(16)7-17-6-9-3-4-11(13)18-9/h3-4,8,10,15H,5-7H2,1-2H3,(H,14,16). The largest absolute Gasteiger partial charge is 0.391 e. The lowest BCUT2D eigenvalue weighted by molar-refractivity contribution is -0.119. The van der Waals surface area contributed by atoms with E-state index in [1.54, 1.807) is 11.8 Å². The summed E-state index contributed by atoms with van der Waals surface area (Å²) < 4.78 is 0.773. The number of thiophene rings is 1. The van der Waals surface area contributed by atoms with Crippen molar-refractivity contribution in [1.29, 1.82) is 0 Å². The molecule has 1 amide bonds. The SMILES string of the molecule is CC(C)C(O)CNC(=O)CSCc1ccc(Cl)s1. The summed E-state index contributed by atoms with van der Waals surface area (Å²) in [6.07, 6.45) is -0.477. The molecule has 18 heavy (non-hydrogen) atoms. The molecule has 0 radical (unpaired) electrons. The molecule has 1 heterocycles. The Bertz CT molecular complexity index is 382. The zero-order chi connectivity index (χ0) is 13.5. The van der Waals surface area contributed by atoms with Crippen molar-refractivity contribution >= 4 is 40.6 Å². The molecule has 0 aromatic carbocycles. The number of halogens is 1. The maximum absolute atomic E-state index is 11.5. The summed E-state index contributed by atoms with van der Waals surface area (Å²) in [4.78, 5) is 12.7. The van der Waals surface area contributed by atoms with Crippen LogP contribution in [0.4, 0.5) is 0 Å². The van der Waals surface area contributed by atoms with Gasteiger partial charge in [0, 0.05) is 17.2 Å². The lowest BCUT2D eigenvalue weighted by atomic mass is 10.1. The summed E-state index contributed by atoms with van der Waals surface area (Å²) in [7, 11) is 0. The van der Waals surface area contributed by atoms with Crippen LogP contribution in [0.2, 0.25) is 4.34 Å². The Morgan fingerprint density at radius 1 is 1.56 bits per heavy atom. The first-order valence-corrected chi connectivity index (χ1v) is 8.10. The quantitative estimate of drug-likeness (QED) is 0.814. The van der Waals surface area contributed by atoms with Crippen LogP contribution >= 0.6 is 34.7 Å². The van der Waals surface area contributed by atoms with E-state index >= 15 is 0 Å². The second-order valence-electron chi connectivity index (χ2n) is 4.31. The minimum absolute atomic E-state index is 0.0395. The predicted molar refractivity (Wildman–Crippen MR) is 79.3 cm³/mol.